The Hall–Kier alpha value is -3.66. The Morgan fingerprint density at radius 2 is 1.69 bits per heavy atom. The first-order valence-electron chi connectivity index (χ1n) is 7.55. The van der Waals surface area contributed by atoms with Gasteiger partial charge in [0.05, 0.1) is 5.56 Å². The number of nitrogens with zero attached hydrogens (tertiary/aromatic N) is 2. The van der Waals surface area contributed by atoms with E-state index in [9.17, 15) is 8.78 Å². The molecular weight excluding hydrogens is 340 g/mol. The number of ether oxygens (including phenoxy) is 2. The van der Waals surface area contributed by atoms with Crippen molar-refractivity contribution in [1.82, 2.24) is 4.98 Å². The molecule has 2 aromatic carbocycles. The van der Waals surface area contributed by atoms with Crippen LogP contribution in [0, 0.1) is 29.9 Å². The third kappa shape index (κ3) is 3.39. The van der Waals surface area contributed by atoms with Gasteiger partial charge in [-0.2, -0.15) is 10.2 Å². The summed E-state index contributed by atoms with van der Waals surface area (Å²) >= 11 is 0. The van der Waals surface area contributed by atoms with Crippen molar-refractivity contribution in [3.63, 3.8) is 0 Å². The summed E-state index contributed by atoms with van der Waals surface area (Å²) in [7, 11) is 0. The van der Waals surface area contributed by atoms with Crippen molar-refractivity contribution in [3.05, 3.63) is 71.3 Å². The minimum absolute atomic E-state index is 0.0994. The average Bonchev–Trinajstić information content (AvgIpc) is 2.64. The number of para-hydroxylation sites is 1. The highest BCUT2D eigenvalue weighted by Crippen LogP contribution is 2.33. The summed E-state index contributed by atoms with van der Waals surface area (Å²) in [5.74, 6) is -2.54. The van der Waals surface area contributed by atoms with Gasteiger partial charge in [0.15, 0.2) is 11.6 Å². The topological polar surface area (TPSA) is 81.2 Å². The smallest absolute Gasteiger partial charge is 0.259 e. The van der Waals surface area contributed by atoms with Gasteiger partial charge in [0.25, 0.3) is 11.8 Å². The van der Waals surface area contributed by atoms with E-state index in [0.717, 1.165) is 0 Å². The van der Waals surface area contributed by atoms with Crippen LogP contribution in [0.1, 0.15) is 11.1 Å². The molecule has 0 spiro atoms. The number of nitrogen functional groups attached to an aromatic ring is 1. The highest BCUT2D eigenvalue weighted by Gasteiger charge is 2.21. The van der Waals surface area contributed by atoms with Crippen LogP contribution in [0.15, 0.2) is 48.5 Å². The molecule has 0 aliphatic carbocycles. The lowest BCUT2D eigenvalue weighted by molar-refractivity contribution is 0.372. The van der Waals surface area contributed by atoms with Gasteiger partial charge in [0.1, 0.15) is 17.6 Å². The summed E-state index contributed by atoms with van der Waals surface area (Å²) in [6, 6.07) is 14.5. The Labute approximate surface area is 148 Å². The summed E-state index contributed by atoms with van der Waals surface area (Å²) in [6.45, 7) is 1.24. The second kappa shape index (κ2) is 7.07. The fraction of sp³-hybridized carbons (Fsp3) is 0.0526. The standard InChI is InChI=1S/C19H13F2N3O2/c1-11-16(20)18(25-14-7-4-6-13(23)9-14)24-19(17(11)21)26-15-8-3-2-5-12(15)10-22/h2-9H,23H2,1H3. The first-order valence-corrected chi connectivity index (χ1v) is 7.55. The molecule has 0 atom stereocenters. The Balaban J connectivity index is 2.01. The van der Waals surface area contributed by atoms with Gasteiger partial charge in [-0.1, -0.05) is 18.2 Å². The predicted octanol–water partition coefficient (Wildman–Crippen LogP) is 4.71. The lowest BCUT2D eigenvalue weighted by atomic mass is 10.2. The lowest BCUT2D eigenvalue weighted by Gasteiger charge is -2.13. The molecule has 0 unspecified atom stereocenters. The molecule has 0 aliphatic rings. The summed E-state index contributed by atoms with van der Waals surface area (Å²) in [6.07, 6.45) is 0. The highest BCUT2D eigenvalue weighted by atomic mass is 19.1. The van der Waals surface area contributed by atoms with Gasteiger partial charge in [-0.3, -0.25) is 0 Å². The summed E-state index contributed by atoms with van der Waals surface area (Å²) in [5, 5.41) is 9.10. The molecule has 26 heavy (non-hydrogen) atoms. The molecule has 0 bridgehead atoms. The summed E-state index contributed by atoms with van der Waals surface area (Å²) in [4.78, 5) is 3.78. The molecule has 2 N–H and O–H groups in total. The van der Waals surface area contributed by atoms with Crippen LogP contribution in [0.2, 0.25) is 0 Å². The number of anilines is 1. The first kappa shape index (κ1) is 17.2. The van der Waals surface area contributed by atoms with Gasteiger partial charge in [-0.05, 0) is 31.2 Å². The van der Waals surface area contributed by atoms with Crippen LogP contribution in [0.25, 0.3) is 0 Å². The number of nitriles is 1. The van der Waals surface area contributed by atoms with Crippen LogP contribution in [-0.4, -0.2) is 4.98 Å². The second-order valence-corrected chi connectivity index (χ2v) is 5.36. The van der Waals surface area contributed by atoms with E-state index >= 15 is 0 Å². The van der Waals surface area contributed by atoms with Gasteiger partial charge in [0, 0.05) is 17.3 Å². The van der Waals surface area contributed by atoms with E-state index in [1.54, 1.807) is 30.3 Å². The molecule has 0 fully saturated rings. The van der Waals surface area contributed by atoms with Crippen molar-refractivity contribution in [3.8, 4) is 29.3 Å². The zero-order valence-corrected chi connectivity index (χ0v) is 13.7. The maximum Gasteiger partial charge on any atom is 0.259 e. The molecule has 0 saturated carbocycles. The Morgan fingerprint density at radius 3 is 2.38 bits per heavy atom. The van der Waals surface area contributed by atoms with Crippen molar-refractivity contribution >= 4 is 5.69 Å². The number of rotatable bonds is 4. The molecule has 7 heteroatoms. The summed E-state index contributed by atoms with van der Waals surface area (Å²) < 4.78 is 39.5. The van der Waals surface area contributed by atoms with Crippen LogP contribution >= 0.6 is 0 Å². The molecule has 3 rings (SSSR count). The van der Waals surface area contributed by atoms with E-state index in [2.05, 4.69) is 4.98 Å². The largest absolute Gasteiger partial charge is 0.436 e. The van der Waals surface area contributed by atoms with E-state index < -0.39 is 23.4 Å². The number of aromatic nitrogens is 1. The van der Waals surface area contributed by atoms with Crippen LogP contribution < -0.4 is 15.2 Å². The molecular formula is C19H13F2N3O2. The Bertz CT molecular complexity index is 1020. The van der Waals surface area contributed by atoms with Crippen molar-refractivity contribution in [2.75, 3.05) is 5.73 Å². The van der Waals surface area contributed by atoms with Crippen molar-refractivity contribution in [2.45, 2.75) is 6.92 Å². The molecule has 0 aliphatic heterocycles. The Morgan fingerprint density at radius 1 is 1.00 bits per heavy atom. The normalized spacial score (nSPS) is 10.2. The monoisotopic (exact) mass is 353 g/mol. The zero-order valence-electron chi connectivity index (χ0n) is 13.7. The van der Waals surface area contributed by atoms with E-state index in [1.165, 1.54) is 25.1 Å². The number of nitrogens with two attached hydrogens (primary N) is 1. The van der Waals surface area contributed by atoms with Gasteiger partial charge in [-0.25, -0.2) is 8.78 Å². The zero-order chi connectivity index (χ0) is 18.7. The van der Waals surface area contributed by atoms with E-state index in [-0.39, 0.29) is 22.6 Å². The number of halogens is 2. The Kier molecular flexibility index (Phi) is 4.67. The molecule has 130 valence electrons. The van der Waals surface area contributed by atoms with Gasteiger partial charge in [-0.15, -0.1) is 0 Å². The van der Waals surface area contributed by atoms with E-state index in [1.807, 2.05) is 6.07 Å². The molecule has 0 saturated heterocycles. The third-order valence-electron chi connectivity index (χ3n) is 3.52. The molecule has 3 aromatic rings. The molecule has 1 aromatic heterocycles. The van der Waals surface area contributed by atoms with Crippen LogP contribution in [-0.2, 0) is 0 Å². The van der Waals surface area contributed by atoms with Gasteiger partial charge >= 0.3 is 0 Å². The van der Waals surface area contributed by atoms with Crippen LogP contribution in [0.5, 0.6) is 23.3 Å². The van der Waals surface area contributed by atoms with Crippen molar-refractivity contribution in [1.29, 1.82) is 5.26 Å². The number of pyridine rings is 1. The van der Waals surface area contributed by atoms with E-state index in [0.29, 0.717) is 5.69 Å². The fourth-order valence-corrected chi connectivity index (χ4v) is 2.18. The SMILES string of the molecule is Cc1c(F)c(Oc2cccc(N)c2)nc(Oc2ccccc2C#N)c1F. The maximum absolute atomic E-state index is 14.4. The molecule has 1 heterocycles. The quantitative estimate of drug-likeness (QED) is 0.687. The molecule has 0 amide bonds. The third-order valence-corrected chi connectivity index (χ3v) is 3.52. The molecule has 5 nitrogen and oxygen atoms in total. The van der Waals surface area contributed by atoms with Crippen molar-refractivity contribution < 1.29 is 18.3 Å². The average molecular weight is 353 g/mol. The predicted molar refractivity (Wildman–Crippen MR) is 91.0 cm³/mol. The minimum atomic E-state index is -0.977. The van der Waals surface area contributed by atoms with Crippen LogP contribution in [0.4, 0.5) is 14.5 Å². The van der Waals surface area contributed by atoms with Crippen molar-refractivity contribution in [2.24, 2.45) is 0 Å². The number of hydrogen-bond donors (Lipinski definition) is 1. The second-order valence-electron chi connectivity index (χ2n) is 5.36. The van der Waals surface area contributed by atoms with Gasteiger partial charge in [0.2, 0.25) is 0 Å². The summed E-state index contributed by atoms with van der Waals surface area (Å²) in [5.41, 5.74) is 5.95. The minimum Gasteiger partial charge on any atom is -0.436 e. The number of hydrogen-bond acceptors (Lipinski definition) is 5. The first-order chi connectivity index (χ1) is 12.5. The van der Waals surface area contributed by atoms with E-state index in [4.69, 9.17) is 20.5 Å². The lowest BCUT2D eigenvalue weighted by Crippen LogP contribution is -2.03. The fourth-order valence-electron chi connectivity index (χ4n) is 2.18. The van der Waals surface area contributed by atoms with Crippen LogP contribution in [0.3, 0.4) is 0 Å². The number of benzene rings is 2. The maximum atomic E-state index is 14.4. The highest BCUT2D eigenvalue weighted by molar-refractivity contribution is 5.47. The molecule has 0 radical (unpaired) electrons. The van der Waals surface area contributed by atoms with Gasteiger partial charge < -0.3 is 15.2 Å².